The third kappa shape index (κ3) is 2.83. The van der Waals surface area contributed by atoms with Crippen LogP contribution >= 0.6 is 0 Å². The van der Waals surface area contributed by atoms with E-state index in [0.29, 0.717) is 11.0 Å². The van der Waals surface area contributed by atoms with E-state index >= 15 is 0 Å². The van der Waals surface area contributed by atoms with Crippen LogP contribution in [0.3, 0.4) is 0 Å². The summed E-state index contributed by atoms with van der Waals surface area (Å²) in [5.74, 6) is 2.70. The van der Waals surface area contributed by atoms with Gasteiger partial charge in [0.1, 0.15) is 0 Å². The zero-order chi connectivity index (χ0) is 16.9. The van der Waals surface area contributed by atoms with Crippen molar-refractivity contribution in [1.29, 1.82) is 0 Å². The maximum absolute atomic E-state index is 12.6. The smallest absolute Gasteiger partial charge is 0.251 e. The van der Waals surface area contributed by atoms with Gasteiger partial charge in [-0.2, -0.15) is 0 Å². The second-order valence-electron chi connectivity index (χ2n) is 8.45. The predicted octanol–water partition coefficient (Wildman–Crippen LogP) is 3.76. The Kier molecular flexibility index (Phi) is 4.06. The van der Waals surface area contributed by atoms with Crippen molar-refractivity contribution in [3.8, 4) is 0 Å². The van der Waals surface area contributed by atoms with E-state index in [1.807, 2.05) is 0 Å². The first-order valence-corrected chi connectivity index (χ1v) is 10.8. The lowest BCUT2D eigenvalue weighted by molar-refractivity contribution is -0.0688. The minimum absolute atomic E-state index is 0.00619. The van der Waals surface area contributed by atoms with E-state index in [2.05, 4.69) is 12.2 Å². The van der Waals surface area contributed by atoms with Gasteiger partial charge in [-0.1, -0.05) is 0 Å². The molecule has 2 unspecified atom stereocenters. The molecule has 4 saturated carbocycles. The largest absolute Gasteiger partial charge is 0.349 e. The van der Waals surface area contributed by atoms with Crippen molar-refractivity contribution in [3.05, 3.63) is 29.8 Å². The van der Waals surface area contributed by atoms with Crippen LogP contribution in [0, 0.1) is 23.2 Å². The van der Waals surface area contributed by atoms with E-state index < -0.39 is 10.8 Å². The van der Waals surface area contributed by atoms with Gasteiger partial charge in [-0.3, -0.25) is 9.00 Å². The molecule has 1 amide bonds. The van der Waals surface area contributed by atoms with E-state index in [1.165, 1.54) is 38.5 Å². The molecule has 5 rings (SSSR count). The second-order valence-corrected chi connectivity index (χ2v) is 9.83. The zero-order valence-electron chi connectivity index (χ0n) is 14.6. The summed E-state index contributed by atoms with van der Waals surface area (Å²) in [6, 6.07) is 7.40. The SMILES string of the molecule is CC(NC(=O)c1ccc(S(C)=O)cc1)C12CC3CC(CC(C3)C1)C2. The van der Waals surface area contributed by atoms with Gasteiger partial charge in [-0.25, -0.2) is 0 Å². The van der Waals surface area contributed by atoms with Gasteiger partial charge in [0.25, 0.3) is 5.91 Å². The van der Waals surface area contributed by atoms with Gasteiger partial charge >= 0.3 is 0 Å². The van der Waals surface area contributed by atoms with Crippen LogP contribution in [0.1, 0.15) is 55.8 Å². The molecule has 3 nitrogen and oxygen atoms in total. The Morgan fingerprint density at radius 2 is 1.58 bits per heavy atom. The Labute approximate surface area is 147 Å². The maximum Gasteiger partial charge on any atom is 0.251 e. The van der Waals surface area contributed by atoms with Crippen LogP contribution in [0.4, 0.5) is 0 Å². The Hall–Kier alpha value is -1.16. The Balaban J connectivity index is 1.46. The Bertz CT molecular complexity index is 631. The van der Waals surface area contributed by atoms with Gasteiger partial charge in [-0.15, -0.1) is 0 Å². The van der Waals surface area contributed by atoms with Crippen LogP contribution in [0.2, 0.25) is 0 Å². The summed E-state index contributed by atoms with van der Waals surface area (Å²) in [4.78, 5) is 13.4. The number of hydrogen-bond acceptors (Lipinski definition) is 2. The minimum Gasteiger partial charge on any atom is -0.349 e. The van der Waals surface area contributed by atoms with E-state index in [1.54, 1.807) is 30.5 Å². The third-order valence-electron chi connectivity index (χ3n) is 6.80. The molecule has 0 heterocycles. The molecule has 0 aromatic heterocycles. The average Bonchev–Trinajstić information content (AvgIpc) is 2.53. The van der Waals surface area contributed by atoms with Crippen LogP contribution in [-0.2, 0) is 10.8 Å². The van der Waals surface area contributed by atoms with Gasteiger partial charge in [-0.05, 0) is 92.9 Å². The topological polar surface area (TPSA) is 46.2 Å². The fourth-order valence-electron chi connectivity index (χ4n) is 5.94. The number of amides is 1. The lowest BCUT2D eigenvalue weighted by Crippen LogP contribution is -2.55. The summed E-state index contributed by atoms with van der Waals surface area (Å²) in [5.41, 5.74) is 0.996. The first kappa shape index (κ1) is 16.3. The number of benzene rings is 1. The number of carbonyl (C=O) groups is 1. The molecule has 4 bridgehead atoms. The van der Waals surface area contributed by atoms with Gasteiger partial charge in [0.15, 0.2) is 0 Å². The van der Waals surface area contributed by atoms with Crippen molar-refractivity contribution in [3.63, 3.8) is 0 Å². The van der Waals surface area contributed by atoms with Crippen molar-refractivity contribution in [2.75, 3.05) is 6.26 Å². The highest BCUT2D eigenvalue weighted by Crippen LogP contribution is 2.61. The zero-order valence-corrected chi connectivity index (χ0v) is 15.4. The molecular weight excluding hydrogens is 318 g/mol. The van der Waals surface area contributed by atoms with E-state index in [-0.39, 0.29) is 11.9 Å². The van der Waals surface area contributed by atoms with Gasteiger partial charge < -0.3 is 5.32 Å². The van der Waals surface area contributed by atoms with E-state index in [0.717, 1.165) is 22.6 Å². The molecular formula is C20H27NO2S. The third-order valence-corrected chi connectivity index (χ3v) is 7.74. The van der Waals surface area contributed by atoms with Crippen LogP contribution in [0.25, 0.3) is 0 Å². The molecule has 2 atom stereocenters. The fraction of sp³-hybridized carbons (Fsp3) is 0.650. The van der Waals surface area contributed by atoms with Crippen molar-refractivity contribution < 1.29 is 9.00 Å². The summed E-state index contributed by atoms with van der Waals surface area (Å²) < 4.78 is 11.5. The standard InChI is InChI=1S/C20H27NO2S/c1-13(20-10-14-7-15(11-20)9-16(8-14)12-20)21-19(22)17-3-5-18(6-4-17)24(2)23/h3-6,13-16H,7-12H2,1-2H3,(H,21,22). The number of carbonyl (C=O) groups excluding carboxylic acids is 1. The van der Waals surface area contributed by atoms with Crippen LogP contribution in [0.5, 0.6) is 0 Å². The van der Waals surface area contributed by atoms with Crippen molar-refractivity contribution in [2.45, 2.75) is 56.4 Å². The highest BCUT2D eigenvalue weighted by atomic mass is 32.2. The first-order valence-electron chi connectivity index (χ1n) is 9.19. The van der Waals surface area contributed by atoms with Crippen molar-refractivity contribution >= 4 is 16.7 Å². The molecule has 1 aromatic carbocycles. The summed E-state index contributed by atoms with van der Waals surface area (Å²) in [6.45, 7) is 2.21. The van der Waals surface area contributed by atoms with Gasteiger partial charge in [0, 0.05) is 33.6 Å². The molecule has 4 fully saturated rings. The Morgan fingerprint density at radius 3 is 2.04 bits per heavy atom. The van der Waals surface area contributed by atoms with Crippen LogP contribution in [-0.4, -0.2) is 22.4 Å². The molecule has 0 saturated heterocycles. The normalized spacial score (nSPS) is 36.3. The van der Waals surface area contributed by atoms with Gasteiger partial charge in [0.2, 0.25) is 0 Å². The summed E-state index contributed by atoms with van der Waals surface area (Å²) >= 11 is 0. The second kappa shape index (κ2) is 5.98. The quantitative estimate of drug-likeness (QED) is 0.903. The lowest BCUT2D eigenvalue weighted by atomic mass is 9.48. The number of hydrogen-bond donors (Lipinski definition) is 1. The molecule has 4 aliphatic rings. The van der Waals surface area contributed by atoms with Crippen LogP contribution in [0.15, 0.2) is 29.2 Å². The molecule has 4 heteroatoms. The highest BCUT2D eigenvalue weighted by Gasteiger charge is 2.53. The molecule has 130 valence electrons. The lowest BCUT2D eigenvalue weighted by Gasteiger charge is -2.59. The summed E-state index contributed by atoms with van der Waals surface area (Å²) in [5, 5.41) is 3.29. The molecule has 24 heavy (non-hydrogen) atoms. The number of rotatable bonds is 4. The van der Waals surface area contributed by atoms with Crippen molar-refractivity contribution in [2.24, 2.45) is 23.2 Å². The van der Waals surface area contributed by atoms with Crippen molar-refractivity contribution in [1.82, 2.24) is 5.32 Å². The number of nitrogens with one attached hydrogen (secondary N) is 1. The van der Waals surface area contributed by atoms with E-state index in [4.69, 9.17) is 0 Å². The summed E-state index contributed by atoms with van der Waals surface area (Å²) in [7, 11) is -1.00. The summed E-state index contributed by atoms with van der Waals surface area (Å²) in [6.07, 6.45) is 9.83. The molecule has 4 aliphatic carbocycles. The predicted molar refractivity (Wildman–Crippen MR) is 96.3 cm³/mol. The fourth-order valence-corrected chi connectivity index (χ4v) is 6.46. The first-order chi connectivity index (χ1) is 11.4. The molecule has 0 aliphatic heterocycles. The molecule has 1 N–H and O–H groups in total. The van der Waals surface area contributed by atoms with E-state index in [9.17, 15) is 9.00 Å². The van der Waals surface area contributed by atoms with Crippen LogP contribution < -0.4 is 5.32 Å². The average molecular weight is 346 g/mol. The minimum atomic E-state index is -1.00. The van der Waals surface area contributed by atoms with Gasteiger partial charge in [0.05, 0.1) is 0 Å². The molecule has 1 aromatic rings. The monoisotopic (exact) mass is 345 g/mol. The Morgan fingerprint density at radius 1 is 1.08 bits per heavy atom. The molecule has 0 radical (unpaired) electrons. The maximum atomic E-state index is 12.6. The highest BCUT2D eigenvalue weighted by molar-refractivity contribution is 7.84. The molecule has 0 spiro atoms.